The summed E-state index contributed by atoms with van der Waals surface area (Å²) in [4.78, 5) is 0. The zero-order valence-electron chi connectivity index (χ0n) is 13.6. The number of unbranched alkanes of at least 4 members (excludes halogenated alkanes) is 7. The van der Waals surface area contributed by atoms with Gasteiger partial charge in [0.25, 0.3) is 0 Å². The van der Waals surface area contributed by atoms with E-state index in [-0.39, 0.29) is 0 Å². The van der Waals surface area contributed by atoms with Gasteiger partial charge in [0.2, 0.25) is 0 Å². The van der Waals surface area contributed by atoms with E-state index in [4.69, 9.17) is 14.6 Å². The van der Waals surface area contributed by atoms with E-state index in [9.17, 15) is 15.3 Å². The Kier molecular flexibility index (Phi) is 10.2. The van der Waals surface area contributed by atoms with Crippen LogP contribution in [-0.4, -0.2) is 64.3 Å². The molecule has 22 heavy (non-hydrogen) atoms. The lowest BCUT2D eigenvalue weighted by Gasteiger charge is -2.39. The van der Waals surface area contributed by atoms with Gasteiger partial charge in [0.15, 0.2) is 6.29 Å². The molecule has 1 heterocycles. The third kappa shape index (κ3) is 6.48. The van der Waals surface area contributed by atoms with Gasteiger partial charge in [-0.05, 0) is 6.42 Å². The number of hydrogen-bond acceptors (Lipinski definition) is 6. The molecule has 0 saturated carbocycles. The molecule has 0 radical (unpaired) electrons. The highest BCUT2D eigenvalue weighted by molar-refractivity contribution is 4.88. The van der Waals surface area contributed by atoms with Crippen molar-refractivity contribution in [2.75, 3.05) is 13.2 Å². The molecule has 0 aromatic rings. The van der Waals surface area contributed by atoms with E-state index in [1.165, 1.54) is 38.5 Å². The summed E-state index contributed by atoms with van der Waals surface area (Å²) in [5.41, 5.74) is 0. The largest absolute Gasteiger partial charge is 0.394 e. The van der Waals surface area contributed by atoms with Gasteiger partial charge < -0.3 is 29.9 Å². The van der Waals surface area contributed by atoms with Gasteiger partial charge in [-0.2, -0.15) is 0 Å². The van der Waals surface area contributed by atoms with E-state index in [2.05, 4.69) is 6.92 Å². The normalized spacial score (nSPS) is 32.3. The van der Waals surface area contributed by atoms with Crippen molar-refractivity contribution in [2.24, 2.45) is 0 Å². The molecule has 5 atom stereocenters. The summed E-state index contributed by atoms with van der Waals surface area (Å²) in [6.45, 7) is 2.20. The van der Waals surface area contributed by atoms with Gasteiger partial charge in [0.05, 0.1) is 6.61 Å². The van der Waals surface area contributed by atoms with Crippen LogP contribution in [0.15, 0.2) is 0 Å². The molecule has 0 aliphatic carbocycles. The summed E-state index contributed by atoms with van der Waals surface area (Å²) >= 11 is 0. The van der Waals surface area contributed by atoms with Crippen molar-refractivity contribution in [1.82, 2.24) is 0 Å². The van der Waals surface area contributed by atoms with Crippen LogP contribution >= 0.6 is 0 Å². The van der Waals surface area contributed by atoms with Gasteiger partial charge in [-0.1, -0.05) is 51.9 Å². The Morgan fingerprint density at radius 3 is 2.00 bits per heavy atom. The second kappa shape index (κ2) is 11.3. The van der Waals surface area contributed by atoms with Gasteiger partial charge in [-0.25, -0.2) is 0 Å². The van der Waals surface area contributed by atoms with Crippen LogP contribution in [0, 0.1) is 0 Å². The van der Waals surface area contributed by atoms with Crippen LogP contribution in [0.4, 0.5) is 0 Å². The van der Waals surface area contributed by atoms with Gasteiger partial charge in [-0.15, -0.1) is 0 Å². The second-order valence-corrected chi connectivity index (χ2v) is 6.04. The first-order valence-electron chi connectivity index (χ1n) is 8.54. The zero-order chi connectivity index (χ0) is 16.4. The molecule has 1 rings (SSSR count). The minimum atomic E-state index is -1.37. The summed E-state index contributed by atoms with van der Waals surface area (Å²) in [6.07, 6.45) is 3.58. The van der Waals surface area contributed by atoms with Crippen molar-refractivity contribution < 1.29 is 29.9 Å². The first-order valence-corrected chi connectivity index (χ1v) is 8.54. The van der Waals surface area contributed by atoms with Crippen LogP contribution in [0.25, 0.3) is 0 Å². The van der Waals surface area contributed by atoms with E-state index >= 15 is 0 Å². The van der Waals surface area contributed by atoms with E-state index in [1.807, 2.05) is 0 Å². The summed E-state index contributed by atoms with van der Waals surface area (Å²) in [5.74, 6) is 0. The lowest BCUT2D eigenvalue weighted by Crippen LogP contribution is -2.59. The highest BCUT2D eigenvalue weighted by Crippen LogP contribution is 2.22. The molecule has 0 spiro atoms. The smallest absolute Gasteiger partial charge is 0.186 e. The van der Waals surface area contributed by atoms with E-state index in [0.717, 1.165) is 12.8 Å². The molecule has 0 aromatic carbocycles. The molecular formula is C16H32O6. The lowest BCUT2D eigenvalue weighted by atomic mass is 9.99. The molecule has 1 fully saturated rings. The zero-order valence-corrected chi connectivity index (χ0v) is 13.6. The van der Waals surface area contributed by atoms with Crippen LogP contribution in [0.3, 0.4) is 0 Å². The summed E-state index contributed by atoms with van der Waals surface area (Å²) in [5, 5.41) is 38.2. The van der Waals surface area contributed by atoms with Crippen LogP contribution < -0.4 is 0 Å². The predicted molar refractivity (Wildman–Crippen MR) is 82.3 cm³/mol. The van der Waals surface area contributed by atoms with Gasteiger partial charge in [-0.3, -0.25) is 0 Å². The van der Waals surface area contributed by atoms with Crippen LogP contribution in [0.5, 0.6) is 0 Å². The van der Waals surface area contributed by atoms with Crippen molar-refractivity contribution in [1.29, 1.82) is 0 Å². The molecule has 1 saturated heterocycles. The highest BCUT2D eigenvalue weighted by atomic mass is 16.7. The molecule has 6 heteroatoms. The Hall–Kier alpha value is -0.240. The summed E-state index contributed by atoms with van der Waals surface area (Å²) in [6, 6.07) is 0. The minimum absolute atomic E-state index is 0.428. The third-order valence-corrected chi connectivity index (χ3v) is 4.13. The Bertz CT molecular complexity index is 273. The van der Waals surface area contributed by atoms with E-state index in [1.54, 1.807) is 0 Å². The topological polar surface area (TPSA) is 99.4 Å². The SMILES string of the molecule is CCCCCCCCCCO[C@H]1O[C@H](CO)[C@@H](O)[C@@H](O)[C@H]1O. The van der Waals surface area contributed by atoms with Crippen LogP contribution in [0.1, 0.15) is 58.3 Å². The van der Waals surface area contributed by atoms with Crippen LogP contribution in [0.2, 0.25) is 0 Å². The molecule has 0 unspecified atom stereocenters. The molecule has 132 valence electrons. The van der Waals surface area contributed by atoms with E-state index < -0.39 is 37.3 Å². The molecule has 4 N–H and O–H groups in total. The first-order chi connectivity index (χ1) is 10.6. The molecule has 1 aliphatic heterocycles. The minimum Gasteiger partial charge on any atom is -0.394 e. The maximum atomic E-state index is 9.80. The highest BCUT2D eigenvalue weighted by Gasteiger charge is 2.43. The van der Waals surface area contributed by atoms with E-state index in [0.29, 0.717) is 6.61 Å². The van der Waals surface area contributed by atoms with Gasteiger partial charge >= 0.3 is 0 Å². The molecular weight excluding hydrogens is 288 g/mol. The van der Waals surface area contributed by atoms with Crippen molar-refractivity contribution in [2.45, 2.75) is 89.0 Å². The molecule has 6 nitrogen and oxygen atoms in total. The predicted octanol–water partition coefficient (Wildman–Crippen LogP) is 0.944. The first kappa shape index (κ1) is 19.8. The maximum absolute atomic E-state index is 9.80. The fraction of sp³-hybridized carbons (Fsp3) is 1.00. The van der Waals surface area contributed by atoms with Crippen LogP contribution in [-0.2, 0) is 9.47 Å². The summed E-state index contributed by atoms with van der Waals surface area (Å²) < 4.78 is 10.7. The second-order valence-electron chi connectivity index (χ2n) is 6.04. The number of aliphatic hydroxyl groups is 4. The lowest BCUT2D eigenvalue weighted by molar-refractivity contribution is -0.301. The van der Waals surface area contributed by atoms with Gasteiger partial charge in [0.1, 0.15) is 24.4 Å². The fourth-order valence-corrected chi connectivity index (χ4v) is 2.64. The standard InChI is InChI=1S/C16H32O6/c1-2-3-4-5-6-7-8-9-10-21-16-15(20)14(19)13(18)12(11-17)22-16/h12-20H,2-11H2,1H3/t12-,13-,14-,15-,16+/m1/s1. The fourth-order valence-electron chi connectivity index (χ4n) is 2.64. The van der Waals surface area contributed by atoms with Gasteiger partial charge in [0, 0.05) is 6.61 Å². The number of rotatable bonds is 11. The Balaban J connectivity index is 2.11. The van der Waals surface area contributed by atoms with Crippen molar-refractivity contribution in [3.63, 3.8) is 0 Å². The van der Waals surface area contributed by atoms with Crippen molar-refractivity contribution >= 4 is 0 Å². The summed E-state index contributed by atoms with van der Waals surface area (Å²) in [7, 11) is 0. The Labute approximate surface area is 133 Å². The average Bonchev–Trinajstić information content (AvgIpc) is 2.53. The maximum Gasteiger partial charge on any atom is 0.186 e. The Morgan fingerprint density at radius 1 is 0.818 bits per heavy atom. The molecule has 0 bridgehead atoms. The molecule has 0 aromatic heterocycles. The monoisotopic (exact) mass is 320 g/mol. The quantitative estimate of drug-likeness (QED) is 0.423. The Morgan fingerprint density at radius 2 is 1.41 bits per heavy atom. The number of hydrogen-bond donors (Lipinski definition) is 4. The third-order valence-electron chi connectivity index (χ3n) is 4.13. The molecule has 1 aliphatic rings. The van der Waals surface area contributed by atoms with Crippen molar-refractivity contribution in [3.05, 3.63) is 0 Å². The number of aliphatic hydroxyl groups excluding tert-OH is 4. The number of ether oxygens (including phenoxy) is 2. The van der Waals surface area contributed by atoms with Crippen molar-refractivity contribution in [3.8, 4) is 0 Å². The average molecular weight is 320 g/mol. The molecule has 0 amide bonds.